The first-order chi connectivity index (χ1) is 9.60. The Hall–Kier alpha value is -2.12. The third kappa shape index (κ3) is 2.01. The summed E-state index contributed by atoms with van der Waals surface area (Å²) in [5.74, 6) is 1.99. The Kier molecular flexibility index (Phi) is 3.08. The minimum atomic E-state index is 0.382. The topological polar surface area (TPSA) is 75.6 Å². The number of nitrogens with zero attached hydrogens (tertiary/aromatic N) is 6. The van der Waals surface area contributed by atoms with E-state index in [4.69, 9.17) is 5.73 Å². The monoisotopic (exact) mass is 271 g/mol. The molecule has 104 valence electrons. The van der Waals surface area contributed by atoms with Crippen LogP contribution in [0.4, 0.5) is 11.8 Å². The number of rotatable bonds is 2. The summed E-state index contributed by atoms with van der Waals surface area (Å²) < 4.78 is 1.61. The second-order valence-electron chi connectivity index (χ2n) is 5.02. The van der Waals surface area contributed by atoms with Crippen LogP contribution in [0.3, 0.4) is 0 Å². The molecule has 1 aliphatic rings. The predicted octanol–water partition coefficient (Wildman–Crippen LogP) is -0.503. The van der Waals surface area contributed by atoms with Crippen LogP contribution in [0.5, 0.6) is 0 Å². The molecule has 2 aromatic heterocycles. The standard InChI is InChI=1S/C12H18BN7/c1-8-10(18-4-6-19(13-3)7-5-18)16-12(14)20-11(8)15-9(2)17-20/h3-7H2,1-2H3,(H2,14,16). The summed E-state index contributed by atoms with van der Waals surface area (Å²) in [5, 5.41) is 4.26. The van der Waals surface area contributed by atoms with Crippen LogP contribution in [0.15, 0.2) is 0 Å². The molecule has 0 radical (unpaired) electrons. The second kappa shape index (κ2) is 4.77. The molecule has 20 heavy (non-hydrogen) atoms. The van der Waals surface area contributed by atoms with Crippen LogP contribution in [0.25, 0.3) is 5.65 Å². The number of fused-ring (bicyclic) bond motifs is 1. The first-order valence-corrected chi connectivity index (χ1v) is 6.71. The van der Waals surface area contributed by atoms with Gasteiger partial charge >= 0.3 is 117 Å². The van der Waals surface area contributed by atoms with E-state index in [1.807, 2.05) is 20.9 Å². The molecule has 0 saturated carbocycles. The molecule has 3 rings (SSSR count). The average molecular weight is 271 g/mol. The van der Waals surface area contributed by atoms with E-state index in [1.165, 1.54) is 0 Å². The number of nitrogens with two attached hydrogens (primary N) is 1. The van der Waals surface area contributed by atoms with E-state index in [1.54, 1.807) is 4.52 Å². The molecule has 0 aromatic carbocycles. The second-order valence-corrected chi connectivity index (χ2v) is 5.02. The van der Waals surface area contributed by atoms with Gasteiger partial charge in [-0.1, -0.05) is 0 Å². The van der Waals surface area contributed by atoms with Gasteiger partial charge in [-0.15, -0.1) is 0 Å². The van der Waals surface area contributed by atoms with Gasteiger partial charge in [0.25, 0.3) is 0 Å². The number of anilines is 2. The van der Waals surface area contributed by atoms with Gasteiger partial charge in [0, 0.05) is 0 Å². The first kappa shape index (κ1) is 12.9. The Morgan fingerprint density at radius 1 is 1.15 bits per heavy atom. The quantitative estimate of drug-likeness (QED) is 0.742. The van der Waals surface area contributed by atoms with E-state index in [9.17, 15) is 0 Å². The Labute approximate surface area is 118 Å². The van der Waals surface area contributed by atoms with Gasteiger partial charge in [-0.2, -0.15) is 0 Å². The molecule has 7 nitrogen and oxygen atoms in total. The van der Waals surface area contributed by atoms with Crippen molar-refractivity contribution in [2.75, 3.05) is 36.8 Å². The van der Waals surface area contributed by atoms with Gasteiger partial charge in [0.15, 0.2) is 0 Å². The summed E-state index contributed by atoms with van der Waals surface area (Å²) in [5.41, 5.74) is 7.80. The summed E-state index contributed by atoms with van der Waals surface area (Å²) in [6, 6.07) is 0. The average Bonchev–Trinajstić information content (AvgIpc) is 2.86. The first-order valence-electron chi connectivity index (χ1n) is 6.71. The molecule has 0 aliphatic carbocycles. The molecule has 3 heterocycles. The van der Waals surface area contributed by atoms with Crippen LogP contribution in [0.1, 0.15) is 11.4 Å². The maximum absolute atomic E-state index is 6.00. The Balaban J connectivity index is 2.00. The predicted molar refractivity (Wildman–Crippen MR) is 81.3 cm³/mol. The maximum atomic E-state index is 6.00. The Morgan fingerprint density at radius 3 is 2.50 bits per heavy atom. The van der Waals surface area contributed by atoms with Gasteiger partial charge < -0.3 is 0 Å². The molecular weight excluding hydrogens is 253 g/mol. The minimum absolute atomic E-state index is 0.382. The van der Waals surface area contributed by atoms with Crippen molar-refractivity contribution in [3.05, 3.63) is 11.4 Å². The fourth-order valence-corrected chi connectivity index (χ4v) is 2.58. The van der Waals surface area contributed by atoms with Crippen molar-refractivity contribution in [1.29, 1.82) is 0 Å². The number of hydrogen-bond donors (Lipinski definition) is 1. The van der Waals surface area contributed by atoms with Crippen molar-refractivity contribution < 1.29 is 0 Å². The number of hydrogen-bond acceptors (Lipinski definition) is 6. The van der Waals surface area contributed by atoms with Crippen LogP contribution in [0.2, 0.25) is 0 Å². The number of aryl methyl sites for hydroxylation is 2. The zero-order valence-electron chi connectivity index (χ0n) is 11.9. The van der Waals surface area contributed by atoms with Crippen LogP contribution in [-0.4, -0.2) is 64.1 Å². The normalized spacial score (nSPS) is 15.7. The summed E-state index contributed by atoms with van der Waals surface area (Å²) in [4.78, 5) is 13.4. The van der Waals surface area contributed by atoms with Crippen molar-refractivity contribution in [2.45, 2.75) is 13.8 Å². The Bertz CT molecular complexity index is 657. The van der Waals surface area contributed by atoms with E-state index in [2.05, 4.69) is 31.2 Å². The van der Waals surface area contributed by atoms with Crippen LogP contribution >= 0.6 is 0 Å². The summed E-state index contributed by atoms with van der Waals surface area (Å²) in [6.45, 7) is 11.4. The summed E-state index contributed by atoms with van der Waals surface area (Å²) >= 11 is 0. The van der Waals surface area contributed by atoms with E-state index in [-0.39, 0.29) is 0 Å². The van der Waals surface area contributed by atoms with Crippen molar-refractivity contribution in [3.63, 3.8) is 0 Å². The molecule has 1 fully saturated rings. The number of nitrogen functional groups attached to an aromatic ring is 1. The third-order valence-electron chi connectivity index (χ3n) is 3.69. The van der Waals surface area contributed by atoms with Crippen LogP contribution in [0, 0.1) is 13.8 Å². The van der Waals surface area contributed by atoms with Crippen LogP contribution < -0.4 is 10.6 Å². The Morgan fingerprint density at radius 2 is 1.85 bits per heavy atom. The van der Waals surface area contributed by atoms with Gasteiger partial charge in [0.2, 0.25) is 0 Å². The van der Waals surface area contributed by atoms with E-state index in [0.29, 0.717) is 11.8 Å². The molecule has 1 aliphatic heterocycles. The molecule has 2 N–H and O–H groups in total. The van der Waals surface area contributed by atoms with Gasteiger partial charge in [-0.05, 0) is 0 Å². The summed E-state index contributed by atoms with van der Waals surface area (Å²) in [6.07, 6.45) is 0. The van der Waals surface area contributed by atoms with Crippen molar-refractivity contribution >= 4 is 30.9 Å². The van der Waals surface area contributed by atoms with Gasteiger partial charge in [0.05, 0.1) is 0 Å². The number of aromatic nitrogens is 4. The number of piperazine rings is 1. The van der Waals surface area contributed by atoms with E-state index >= 15 is 0 Å². The molecule has 0 atom stereocenters. The zero-order valence-corrected chi connectivity index (χ0v) is 11.9. The summed E-state index contributed by atoms with van der Waals surface area (Å²) in [7, 11) is 1.89. The van der Waals surface area contributed by atoms with Gasteiger partial charge in [0.1, 0.15) is 0 Å². The molecule has 0 spiro atoms. The fraction of sp³-hybridized carbons (Fsp3) is 0.500. The zero-order chi connectivity index (χ0) is 14.3. The van der Waals surface area contributed by atoms with E-state index < -0.39 is 0 Å². The van der Waals surface area contributed by atoms with Crippen LogP contribution in [-0.2, 0) is 0 Å². The molecule has 8 heteroatoms. The molecular formula is C12H18BN7. The molecule has 0 unspecified atom stereocenters. The fourth-order valence-electron chi connectivity index (χ4n) is 2.58. The molecule has 2 aromatic rings. The molecule has 0 amide bonds. The SMILES string of the molecule is C=BN1CCN(c2nc(N)n3nc(C)nc3c2C)CC1. The van der Waals surface area contributed by atoms with E-state index in [0.717, 1.165) is 43.2 Å². The van der Waals surface area contributed by atoms with Gasteiger partial charge in [-0.25, -0.2) is 0 Å². The molecule has 0 bridgehead atoms. The third-order valence-corrected chi connectivity index (χ3v) is 3.69. The van der Waals surface area contributed by atoms with Crippen molar-refractivity contribution in [2.24, 2.45) is 0 Å². The van der Waals surface area contributed by atoms with Crippen molar-refractivity contribution in [3.8, 4) is 0 Å². The van der Waals surface area contributed by atoms with Gasteiger partial charge in [-0.3, -0.25) is 0 Å². The van der Waals surface area contributed by atoms with Crippen molar-refractivity contribution in [1.82, 2.24) is 24.4 Å². The molecule has 1 saturated heterocycles.